The van der Waals surface area contributed by atoms with E-state index in [1.54, 1.807) is 11.3 Å². The maximum Gasteiger partial charge on any atom is 0.186 e. The molecule has 0 radical (unpaired) electrons. The number of rotatable bonds is 1. The molecule has 1 fully saturated rings. The molecule has 0 saturated carbocycles. The van der Waals surface area contributed by atoms with Crippen LogP contribution in [0.1, 0.15) is 0 Å². The van der Waals surface area contributed by atoms with Gasteiger partial charge in [-0.05, 0) is 12.1 Å². The fourth-order valence-corrected chi connectivity index (χ4v) is 3.20. The smallest absolute Gasteiger partial charge is 0.186 e. The summed E-state index contributed by atoms with van der Waals surface area (Å²) in [7, 11) is 0. The summed E-state index contributed by atoms with van der Waals surface area (Å²) in [5.74, 6) is 0. The van der Waals surface area contributed by atoms with Gasteiger partial charge in [-0.25, -0.2) is 4.98 Å². The van der Waals surface area contributed by atoms with Gasteiger partial charge in [0, 0.05) is 26.2 Å². The van der Waals surface area contributed by atoms with Gasteiger partial charge in [-0.1, -0.05) is 29.0 Å². The number of halogens is 1. The van der Waals surface area contributed by atoms with Crippen LogP contribution in [-0.2, 0) is 0 Å². The first-order chi connectivity index (χ1) is 7.84. The first-order valence-electron chi connectivity index (χ1n) is 5.35. The number of benzene rings is 1. The van der Waals surface area contributed by atoms with Crippen LogP contribution in [0, 0.1) is 0 Å². The monoisotopic (exact) mass is 253 g/mol. The number of thiazole rings is 1. The minimum absolute atomic E-state index is 0.802. The van der Waals surface area contributed by atoms with E-state index in [1.165, 1.54) is 0 Å². The van der Waals surface area contributed by atoms with Gasteiger partial charge in [-0.3, -0.25) is 0 Å². The van der Waals surface area contributed by atoms with Crippen LogP contribution in [0.2, 0.25) is 5.02 Å². The number of piperazine rings is 1. The van der Waals surface area contributed by atoms with Gasteiger partial charge in [-0.15, -0.1) is 0 Å². The molecule has 2 aromatic rings. The molecule has 1 aliphatic heterocycles. The molecule has 1 saturated heterocycles. The minimum Gasteiger partial charge on any atom is -0.346 e. The number of nitrogens with one attached hydrogen (secondary N) is 1. The van der Waals surface area contributed by atoms with Crippen LogP contribution in [0.3, 0.4) is 0 Å². The van der Waals surface area contributed by atoms with Crippen LogP contribution in [0.15, 0.2) is 18.2 Å². The maximum absolute atomic E-state index is 6.15. The van der Waals surface area contributed by atoms with Crippen LogP contribution in [-0.4, -0.2) is 31.2 Å². The highest BCUT2D eigenvalue weighted by Gasteiger charge is 2.15. The van der Waals surface area contributed by atoms with Crippen LogP contribution in [0.4, 0.5) is 5.13 Å². The van der Waals surface area contributed by atoms with Crippen molar-refractivity contribution in [2.45, 2.75) is 0 Å². The summed E-state index contributed by atoms with van der Waals surface area (Å²) in [6.45, 7) is 4.11. The largest absolute Gasteiger partial charge is 0.346 e. The number of nitrogens with zero attached hydrogens (tertiary/aromatic N) is 2. The third kappa shape index (κ3) is 1.77. The Bertz CT molecular complexity index is 505. The van der Waals surface area contributed by atoms with Gasteiger partial charge in [0.2, 0.25) is 0 Å². The first-order valence-corrected chi connectivity index (χ1v) is 6.55. The fourth-order valence-electron chi connectivity index (χ4n) is 1.90. The number of hydrogen-bond donors (Lipinski definition) is 1. The third-order valence-electron chi connectivity index (χ3n) is 2.74. The lowest BCUT2D eigenvalue weighted by Crippen LogP contribution is -2.43. The lowest BCUT2D eigenvalue weighted by Gasteiger charge is -2.26. The second-order valence-electron chi connectivity index (χ2n) is 3.82. The molecule has 0 spiro atoms. The standard InChI is InChI=1S/C11H12ClN3S/c12-8-2-1-3-9-10(8)16-11(14-9)15-6-4-13-5-7-15/h1-3,13H,4-7H2. The molecular weight excluding hydrogens is 242 g/mol. The number of anilines is 1. The molecule has 1 aliphatic rings. The van der Waals surface area contributed by atoms with Crippen LogP contribution in [0.25, 0.3) is 10.2 Å². The van der Waals surface area contributed by atoms with E-state index in [2.05, 4.69) is 15.2 Å². The Hall–Kier alpha value is -0.840. The Kier molecular flexibility index (Phi) is 2.71. The molecule has 1 aromatic carbocycles. The van der Waals surface area contributed by atoms with E-state index < -0.39 is 0 Å². The van der Waals surface area contributed by atoms with E-state index in [4.69, 9.17) is 11.6 Å². The van der Waals surface area contributed by atoms with Gasteiger partial charge in [0.1, 0.15) is 0 Å². The zero-order valence-electron chi connectivity index (χ0n) is 8.74. The van der Waals surface area contributed by atoms with E-state index in [1.807, 2.05) is 18.2 Å². The molecule has 0 unspecified atom stereocenters. The van der Waals surface area contributed by atoms with Crippen LogP contribution < -0.4 is 10.2 Å². The zero-order chi connectivity index (χ0) is 11.0. The number of fused-ring (bicyclic) bond motifs is 1. The Balaban J connectivity index is 2.01. The Morgan fingerprint density at radius 2 is 2.12 bits per heavy atom. The van der Waals surface area contributed by atoms with E-state index in [-0.39, 0.29) is 0 Å². The summed E-state index contributed by atoms with van der Waals surface area (Å²) >= 11 is 7.83. The summed E-state index contributed by atoms with van der Waals surface area (Å²) in [6, 6.07) is 5.89. The summed E-state index contributed by atoms with van der Waals surface area (Å²) in [5, 5.41) is 5.23. The Morgan fingerprint density at radius 1 is 1.31 bits per heavy atom. The van der Waals surface area contributed by atoms with Gasteiger partial charge in [0.05, 0.1) is 15.2 Å². The number of aromatic nitrogens is 1. The molecule has 0 amide bonds. The molecule has 3 nitrogen and oxygen atoms in total. The molecule has 5 heteroatoms. The molecule has 2 heterocycles. The molecule has 1 N–H and O–H groups in total. The summed E-state index contributed by atoms with van der Waals surface area (Å²) in [6.07, 6.45) is 0. The summed E-state index contributed by atoms with van der Waals surface area (Å²) in [5.41, 5.74) is 1.01. The van der Waals surface area contributed by atoms with Crippen molar-refractivity contribution in [3.63, 3.8) is 0 Å². The molecule has 0 atom stereocenters. The predicted octanol–water partition coefficient (Wildman–Crippen LogP) is 2.36. The van der Waals surface area contributed by atoms with Crippen molar-refractivity contribution in [1.29, 1.82) is 0 Å². The fraction of sp³-hybridized carbons (Fsp3) is 0.364. The lowest BCUT2D eigenvalue weighted by atomic mass is 10.3. The quantitative estimate of drug-likeness (QED) is 0.846. The van der Waals surface area contributed by atoms with Gasteiger partial charge < -0.3 is 10.2 Å². The molecule has 84 valence electrons. The van der Waals surface area contributed by atoms with Crippen molar-refractivity contribution in [2.24, 2.45) is 0 Å². The lowest BCUT2D eigenvalue weighted by molar-refractivity contribution is 0.588. The van der Waals surface area contributed by atoms with E-state index in [0.717, 1.165) is 46.5 Å². The van der Waals surface area contributed by atoms with Gasteiger partial charge in [0.25, 0.3) is 0 Å². The van der Waals surface area contributed by atoms with Crippen molar-refractivity contribution >= 4 is 38.3 Å². The molecule has 1 aromatic heterocycles. The topological polar surface area (TPSA) is 28.2 Å². The highest BCUT2D eigenvalue weighted by Crippen LogP contribution is 2.33. The zero-order valence-corrected chi connectivity index (χ0v) is 10.3. The van der Waals surface area contributed by atoms with Crippen molar-refractivity contribution in [1.82, 2.24) is 10.3 Å². The average molecular weight is 254 g/mol. The SMILES string of the molecule is Clc1cccc2nc(N3CCNCC3)sc12. The second-order valence-corrected chi connectivity index (χ2v) is 5.21. The van der Waals surface area contributed by atoms with Gasteiger partial charge in [0.15, 0.2) is 5.13 Å². The summed E-state index contributed by atoms with van der Waals surface area (Å²) in [4.78, 5) is 6.95. The predicted molar refractivity (Wildman–Crippen MR) is 69.7 cm³/mol. The highest BCUT2D eigenvalue weighted by molar-refractivity contribution is 7.22. The normalized spacial score (nSPS) is 16.9. The Morgan fingerprint density at radius 3 is 2.88 bits per heavy atom. The van der Waals surface area contributed by atoms with E-state index >= 15 is 0 Å². The maximum atomic E-state index is 6.15. The van der Waals surface area contributed by atoms with E-state index in [0.29, 0.717) is 0 Å². The van der Waals surface area contributed by atoms with Crippen molar-refractivity contribution < 1.29 is 0 Å². The molecular formula is C11H12ClN3S. The summed E-state index contributed by atoms with van der Waals surface area (Å²) < 4.78 is 1.10. The van der Waals surface area contributed by atoms with Crippen molar-refractivity contribution in [3.8, 4) is 0 Å². The third-order valence-corrected chi connectivity index (χ3v) is 4.34. The van der Waals surface area contributed by atoms with Gasteiger partial charge in [-0.2, -0.15) is 0 Å². The molecule has 0 bridgehead atoms. The Labute approximate surface area is 103 Å². The van der Waals surface area contributed by atoms with Crippen molar-refractivity contribution in [2.75, 3.05) is 31.1 Å². The molecule has 0 aliphatic carbocycles. The van der Waals surface area contributed by atoms with Crippen LogP contribution in [0.5, 0.6) is 0 Å². The van der Waals surface area contributed by atoms with E-state index in [9.17, 15) is 0 Å². The van der Waals surface area contributed by atoms with Crippen LogP contribution >= 0.6 is 22.9 Å². The number of hydrogen-bond acceptors (Lipinski definition) is 4. The minimum atomic E-state index is 0.802. The first kappa shape index (κ1) is 10.3. The van der Waals surface area contributed by atoms with Crippen molar-refractivity contribution in [3.05, 3.63) is 23.2 Å². The average Bonchev–Trinajstić information content (AvgIpc) is 2.76. The molecule has 3 rings (SSSR count). The highest BCUT2D eigenvalue weighted by atomic mass is 35.5. The second kappa shape index (κ2) is 4.20. The molecule has 16 heavy (non-hydrogen) atoms. The van der Waals surface area contributed by atoms with Gasteiger partial charge >= 0.3 is 0 Å².